The molecule has 0 saturated heterocycles. The van der Waals surface area contributed by atoms with Crippen LogP contribution >= 0.6 is 0 Å². The first-order chi connectivity index (χ1) is 8.61. The van der Waals surface area contributed by atoms with E-state index in [2.05, 4.69) is 14.7 Å². The van der Waals surface area contributed by atoms with Gasteiger partial charge in [-0.05, 0) is 24.1 Å². The minimum Gasteiger partial charge on any atom is -0.345 e. The molecule has 0 aliphatic heterocycles. The van der Waals surface area contributed by atoms with Crippen molar-refractivity contribution in [3.63, 3.8) is 0 Å². The Balaban J connectivity index is 2.14. The lowest BCUT2D eigenvalue weighted by molar-refractivity contribution is 0.600. The highest BCUT2D eigenvalue weighted by molar-refractivity contribution is 7.92. The normalized spacial score (nSPS) is 11.4. The van der Waals surface area contributed by atoms with Gasteiger partial charge in [-0.15, -0.1) is 0 Å². The molecule has 1 aromatic carbocycles. The summed E-state index contributed by atoms with van der Waals surface area (Å²) in [6.07, 6.45) is 3.92. The highest BCUT2D eigenvalue weighted by atomic mass is 32.2. The van der Waals surface area contributed by atoms with Crippen LogP contribution in [0.4, 0.5) is 5.69 Å². The molecule has 2 rings (SSSR count). The van der Waals surface area contributed by atoms with Crippen molar-refractivity contribution in [3.05, 3.63) is 36.8 Å². The van der Waals surface area contributed by atoms with Gasteiger partial charge < -0.3 is 4.98 Å². The van der Waals surface area contributed by atoms with E-state index in [1.165, 1.54) is 0 Å². The van der Waals surface area contributed by atoms with Gasteiger partial charge in [-0.2, -0.15) is 0 Å². The predicted molar refractivity (Wildman–Crippen MR) is 71.7 cm³/mol. The molecule has 2 N–H and O–H groups in total. The van der Waals surface area contributed by atoms with Crippen molar-refractivity contribution in [1.82, 2.24) is 9.97 Å². The van der Waals surface area contributed by atoms with Gasteiger partial charge in [0.1, 0.15) is 0 Å². The first kappa shape index (κ1) is 12.6. The topological polar surface area (TPSA) is 74.8 Å². The van der Waals surface area contributed by atoms with Crippen molar-refractivity contribution in [2.45, 2.75) is 13.3 Å². The molecule has 0 amide bonds. The van der Waals surface area contributed by atoms with Crippen LogP contribution in [0.15, 0.2) is 36.8 Å². The fraction of sp³-hybridized carbons (Fsp3) is 0.250. The molecule has 2 aromatic rings. The Morgan fingerprint density at radius 3 is 2.56 bits per heavy atom. The van der Waals surface area contributed by atoms with Crippen LogP contribution in [0, 0.1) is 0 Å². The number of aromatic amines is 1. The molecule has 96 valence electrons. The number of benzene rings is 1. The van der Waals surface area contributed by atoms with E-state index >= 15 is 0 Å². The average Bonchev–Trinajstić information content (AvgIpc) is 2.82. The Morgan fingerprint density at radius 2 is 2.00 bits per heavy atom. The molecule has 1 aromatic heterocycles. The van der Waals surface area contributed by atoms with Crippen LogP contribution in [0.3, 0.4) is 0 Å². The summed E-state index contributed by atoms with van der Waals surface area (Å²) in [6, 6.07) is 7.17. The number of nitrogens with zero attached hydrogens (tertiary/aromatic N) is 1. The molecular formula is C12H15N3O2S. The number of rotatable bonds is 5. The highest BCUT2D eigenvalue weighted by Crippen LogP contribution is 2.19. The summed E-state index contributed by atoms with van der Waals surface area (Å²) in [5, 5.41) is 0. The van der Waals surface area contributed by atoms with Gasteiger partial charge in [0.15, 0.2) is 0 Å². The molecule has 0 bridgehead atoms. The van der Waals surface area contributed by atoms with E-state index in [0.717, 1.165) is 11.3 Å². The number of aromatic nitrogens is 2. The van der Waals surface area contributed by atoms with Gasteiger partial charge >= 0.3 is 0 Å². The SMILES string of the molecule is CCCS(=O)(=O)Nc1ccc(-c2cnc[nH]2)cc1. The first-order valence-electron chi connectivity index (χ1n) is 5.70. The maximum atomic E-state index is 11.6. The van der Waals surface area contributed by atoms with Crippen LogP contribution < -0.4 is 4.72 Å². The van der Waals surface area contributed by atoms with Gasteiger partial charge in [-0.3, -0.25) is 4.72 Å². The molecule has 0 spiro atoms. The second-order valence-corrected chi connectivity index (χ2v) is 5.81. The largest absolute Gasteiger partial charge is 0.345 e. The van der Waals surface area contributed by atoms with Crippen molar-refractivity contribution in [1.29, 1.82) is 0 Å². The van der Waals surface area contributed by atoms with Crippen LogP contribution in [-0.4, -0.2) is 24.1 Å². The van der Waals surface area contributed by atoms with Gasteiger partial charge in [-0.25, -0.2) is 13.4 Å². The van der Waals surface area contributed by atoms with Crippen molar-refractivity contribution in [2.24, 2.45) is 0 Å². The highest BCUT2D eigenvalue weighted by Gasteiger charge is 2.08. The van der Waals surface area contributed by atoms with Crippen molar-refractivity contribution >= 4 is 15.7 Å². The quantitative estimate of drug-likeness (QED) is 0.870. The van der Waals surface area contributed by atoms with Gasteiger partial charge in [-0.1, -0.05) is 19.1 Å². The minimum atomic E-state index is -3.22. The van der Waals surface area contributed by atoms with Crippen LogP contribution in [0.1, 0.15) is 13.3 Å². The molecule has 5 nitrogen and oxygen atoms in total. The number of imidazole rings is 1. The minimum absolute atomic E-state index is 0.134. The summed E-state index contributed by atoms with van der Waals surface area (Å²) in [5.74, 6) is 0.134. The first-order valence-corrected chi connectivity index (χ1v) is 7.35. The Labute approximate surface area is 106 Å². The zero-order valence-corrected chi connectivity index (χ0v) is 10.9. The van der Waals surface area contributed by atoms with Crippen molar-refractivity contribution in [3.8, 4) is 11.3 Å². The maximum absolute atomic E-state index is 11.6. The average molecular weight is 265 g/mol. The molecule has 6 heteroatoms. The molecule has 1 heterocycles. The van der Waals surface area contributed by atoms with E-state index in [-0.39, 0.29) is 5.75 Å². The van der Waals surface area contributed by atoms with Crippen molar-refractivity contribution in [2.75, 3.05) is 10.5 Å². The Morgan fingerprint density at radius 1 is 1.28 bits per heavy atom. The fourth-order valence-electron chi connectivity index (χ4n) is 1.63. The number of hydrogen-bond donors (Lipinski definition) is 2. The molecule has 0 saturated carbocycles. The van der Waals surface area contributed by atoms with E-state index in [4.69, 9.17) is 0 Å². The van der Waals surface area contributed by atoms with E-state index < -0.39 is 10.0 Å². The van der Waals surface area contributed by atoms with Gasteiger partial charge in [0, 0.05) is 5.69 Å². The summed E-state index contributed by atoms with van der Waals surface area (Å²) in [5.41, 5.74) is 2.44. The molecule has 0 fully saturated rings. The van der Waals surface area contributed by atoms with Crippen LogP contribution in [0.2, 0.25) is 0 Å². The molecule has 0 radical (unpaired) electrons. The fourth-order valence-corrected chi connectivity index (χ4v) is 2.77. The third-order valence-electron chi connectivity index (χ3n) is 2.44. The monoisotopic (exact) mass is 265 g/mol. The summed E-state index contributed by atoms with van der Waals surface area (Å²) >= 11 is 0. The third kappa shape index (κ3) is 3.10. The number of H-pyrrole nitrogens is 1. The lowest BCUT2D eigenvalue weighted by Crippen LogP contribution is -2.15. The summed E-state index contributed by atoms with van der Waals surface area (Å²) in [4.78, 5) is 6.93. The molecular weight excluding hydrogens is 250 g/mol. The van der Waals surface area contributed by atoms with Crippen LogP contribution in [0.25, 0.3) is 11.3 Å². The van der Waals surface area contributed by atoms with E-state index in [9.17, 15) is 8.42 Å². The standard InChI is InChI=1S/C12H15N3O2S/c1-2-7-18(16,17)15-11-5-3-10(4-6-11)12-8-13-9-14-12/h3-6,8-9,15H,2,7H2,1H3,(H,13,14). The molecule has 0 aliphatic carbocycles. The summed E-state index contributed by atoms with van der Waals surface area (Å²) in [7, 11) is -3.22. The van der Waals surface area contributed by atoms with Gasteiger partial charge in [0.25, 0.3) is 0 Å². The smallest absolute Gasteiger partial charge is 0.232 e. The number of sulfonamides is 1. The Hall–Kier alpha value is -1.82. The second kappa shape index (κ2) is 5.22. The Bertz CT molecular complexity index is 589. The number of hydrogen-bond acceptors (Lipinski definition) is 3. The molecule has 0 atom stereocenters. The summed E-state index contributed by atoms with van der Waals surface area (Å²) < 4.78 is 25.7. The van der Waals surface area contributed by atoms with Crippen LogP contribution in [-0.2, 0) is 10.0 Å². The molecule has 18 heavy (non-hydrogen) atoms. The second-order valence-electron chi connectivity index (χ2n) is 3.96. The molecule has 0 aliphatic rings. The predicted octanol–water partition coefficient (Wildman–Crippen LogP) is 2.23. The van der Waals surface area contributed by atoms with Gasteiger partial charge in [0.05, 0.1) is 24.0 Å². The van der Waals surface area contributed by atoms with E-state index in [1.54, 1.807) is 24.7 Å². The Kier molecular flexibility index (Phi) is 3.66. The number of anilines is 1. The number of nitrogens with one attached hydrogen (secondary N) is 2. The summed E-state index contributed by atoms with van der Waals surface area (Å²) in [6.45, 7) is 1.83. The van der Waals surface area contributed by atoms with E-state index in [0.29, 0.717) is 12.1 Å². The zero-order valence-electron chi connectivity index (χ0n) is 10.1. The van der Waals surface area contributed by atoms with Crippen molar-refractivity contribution < 1.29 is 8.42 Å². The van der Waals surface area contributed by atoms with E-state index in [1.807, 2.05) is 19.1 Å². The lowest BCUT2D eigenvalue weighted by atomic mass is 10.1. The lowest BCUT2D eigenvalue weighted by Gasteiger charge is -2.07. The molecule has 0 unspecified atom stereocenters. The third-order valence-corrected chi connectivity index (χ3v) is 3.93. The zero-order chi connectivity index (χ0) is 13.0. The van der Waals surface area contributed by atoms with Gasteiger partial charge in [0.2, 0.25) is 10.0 Å². The maximum Gasteiger partial charge on any atom is 0.232 e. The van der Waals surface area contributed by atoms with Crippen LogP contribution in [0.5, 0.6) is 0 Å².